The number of pyridine rings is 1. The van der Waals surface area contributed by atoms with Crippen LogP contribution in [0.1, 0.15) is 32.4 Å². The molecule has 0 aliphatic rings. The zero-order valence-corrected chi connectivity index (χ0v) is 15.6. The molecule has 1 aromatic heterocycles. The lowest BCUT2D eigenvalue weighted by atomic mass is 10.1. The minimum absolute atomic E-state index is 0.0758. The molecule has 0 unspecified atom stereocenters. The van der Waals surface area contributed by atoms with Crippen LogP contribution in [0.3, 0.4) is 0 Å². The van der Waals surface area contributed by atoms with Crippen LogP contribution >= 0.6 is 0 Å². The van der Waals surface area contributed by atoms with Crippen molar-refractivity contribution >= 4 is 16.7 Å². The van der Waals surface area contributed by atoms with Crippen LogP contribution in [0.4, 0.5) is 0 Å². The highest BCUT2D eigenvalue weighted by Gasteiger charge is 2.11. The highest BCUT2D eigenvalue weighted by Crippen LogP contribution is 2.11. The van der Waals surface area contributed by atoms with E-state index < -0.39 is 0 Å². The van der Waals surface area contributed by atoms with Crippen molar-refractivity contribution in [3.8, 4) is 0 Å². The number of aromatic nitrogens is 1. The number of hydrogen-bond donors (Lipinski definition) is 2. The molecule has 25 heavy (non-hydrogen) atoms. The fourth-order valence-corrected chi connectivity index (χ4v) is 3.28. The Hall–Kier alpha value is -2.14. The number of carbonyl (C=O) groups excluding carboxylic acids is 1. The van der Waals surface area contributed by atoms with Crippen LogP contribution in [0, 0.1) is 6.92 Å². The van der Waals surface area contributed by atoms with Gasteiger partial charge in [0.1, 0.15) is 6.54 Å². The lowest BCUT2D eigenvalue weighted by Gasteiger charge is -2.18. The van der Waals surface area contributed by atoms with E-state index in [1.54, 1.807) is 4.57 Å². The Morgan fingerprint density at radius 2 is 1.80 bits per heavy atom. The average Bonchev–Trinajstić information content (AvgIpc) is 2.59. The van der Waals surface area contributed by atoms with Crippen LogP contribution < -0.4 is 15.8 Å². The first-order valence-electron chi connectivity index (χ1n) is 9.26. The van der Waals surface area contributed by atoms with E-state index in [-0.39, 0.29) is 18.0 Å². The number of hydrogen-bond acceptors (Lipinski definition) is 2. The van der Waals surface area contributed by atoms with E-state index in [4.69, 9.17) is 0 Å². The predicted octanol–water partition coefficient (Wildman–Crippen LogP) is 1.13. The second kappa shape index (κ2) is 9.37. The molecule has 2 N–H and O–H groups in total. The van der Waals surface area contributed by atoms with Crippen LogP contribution in [0.5, 0.6) is 0 Å². The van der Waals surface area contributed by atoms with Gasteiger partial charge in [-0.1, -0.05) is 32.0 Å². The Morgan fingerprint density at radius 1 is 1.12 bits per heavy atom. The van der Waals surface area contributed by atoms with Gasteiger partial charge in [0, 0.05) is 11.1 Å². The number of rotatable bonds is 9. The molecule has 0 aliphatic carbocycles. The minimum atomic E-state index is -0.104. The molecule has 0 saturated carbocycles. The van der Waals surface area contributed by atoms with E-state index in [0.717, 1.165) is 43.6 Å². The first kappa shape index (κ1) is 19.2. The zero-order valence-electron chi connectivity index (χ0n) is 15.6. The number of benzene rings is 1. The zero-order chi connectivity index (χ0) is 18.2. The van der Waals surface area contributed by atoms with Crippen LogP contribution in [-0.4, -0.2) is 36.7 Å². The number of amides is 1. The third kappa shape index (κ3) is 5.16. The van der Waals surface area contributed by atoms with Crippen molar-refractivity contribution in [1.82, 2.24) is 9.88 Å². The number of quaternary nitrogens is 1. The van der Waals surface area contributed by atoms with Gasteiger partial charge < -0.3 is 14.8 Å². The molecule has 0 aliphatic heterocycles. The second-order valence-corrected chi connectivity index (χ2v) is 6.61. The summed E-state index contributed by atoms with van der Waals surface area (Å²) in [6.07, 6.45) is 2.30. The third-order valence-corrected chi connectivity index (χ3v) is 4.54. The molecule has 0 fully saturated rings. The third-order valence-electron chi connectivity index (χ3n) is 4.54. The van der Waals surface area contributed by atoms with Gasteiger partial charge in [0.2, 0.25) is 5.91 Å². The van der Waals surface area contributed by atoms with Gasteiger partial charge >= 0.3 is 0 Å². The average molecular weight is 344 g/mol. The lowest BCUT2D eigenvalue weighted by molar-refractivity contribution is -0.898. The fraction of sp³-hybridized carbons (Fsp3) is 0.500. The summed E-state index contributed by atoms with van der Waals surface area (Å²) < 4.78 is 1.56. The molecule has 1 heterocycles. The first-order chi connectivity index (χ1) is 12.1. The van der Waals surface area contributed by atoms with Gasteiger partial charge in [-0.15, -0.1) is 0 Å². The molecule has 5 nitrogen and oxygen atoms in total. The van der Waals surface area contributed by atoms with Crippen molar-refractivity contribution in [3.63, 3.8) is 0 Å². The summed E-state index contributed by atoms with van der Waals surface area (Å²) >= 11 is 0. The molecule has 2 aromatic rings. The topological polar surface area (TPSA) is 55.5 Å². The second-order valence-electron chi connectivity index (χ2n) is 6.61. The maximum Gasteiger partial charge on any atom is 0.259 e. The van der Waals surface area contributed by atoms with Crippen molar-refractivity contribution in [2.24, 2.45) is 0 Å². The molecule has 1 aromatic carbocycles. The molecule has 5 heteroatoms. The maximum atomic E-state index is 12.6. The van der Waals surface area contributed by atoms with Gasteiger partial charge in [-0.05, 0) is 37.3 Å². The Balaban J connectivity index is 1.99. The lowest BCUT2D eigenvalue weighted by Crippen LogP contribution is -3.12. The van der Waals surface area contributed by atoms with E-state index in [2.05, 4.69) is 19.2 Å². The smallest absolute Gasteiger partial charge is 0.259 e. The summed E-state index contributed by atoms with van der Waals surface area (Å²) in [5, 5.41) is 4.53. The fourth-order valence-electron chi connectivity index (χ4n) is 3.28. The number of nitrogens with zero attached hydrogens (tertiary/aromatic N) is 1. The van der Waals surface area contributed by atoms with Gasteiger partial charge in [-0.2, -0.15) is 0 Å². The van der Waals surface area contributed by atoms with Gasteiger partial charge in [-0.25, -0.2) is 0 Å². The summed E-state index contributed by atoms with van der Waals surface area (Å²) in [4.78, 5) is 26.4. The Bertz CT molecular complexity index is 761. The maximum absolute atomic E-state index is 12.6. The summed E-state index contributed by atoms with van der Waals surface area (Å²) in [6, 6.07) is 9.45. The summed E-state index contributed by atoms with van der Waals surface area (Å²) in [7, 11) is 0. The molecule has 0 atom stereocenters. The van der Waals surface area contributed by atoms with Crippen molar-refractivity contribution in [2.45, 2.75) is 40.2 Å². The van der Waals surface area contributed by atoms with Crippen molar-refractivity contribution in [1.29, 1.82) is 0 Å². The SMILES string of the molecule is CCC[NH+](CCC)CCNC(=O)Cn1c(C)cc2ccccc2c1=O. The van der Waals surface area contributed by atoms with Crippen LogP contribution in [0.25, 0.3) is 10.8 Å². The Kier molecular flexibility index (Phi) is 7.19. The number of fused-ring (bicyclic) bond motifs is 1. The Labute approximate surface area is 149 Å². The van der Waals surface area contributed by atoms with Crippen LogP contribution in [0.2, 0.25) is 0 Å². The number of carbonyl (C=O) groups is 1. The van der Waals surface area contributed by atoms with E-state index in [0.29, 0.717) is 11.9 Å². The largest absolute Gasteiger partial charge is 0.349 e. The quantitative estimate of drug-likeness (QED) is 0.717. The molecule has 0 radical (unpaired) electrons. The van der Waals surface area contributed by atoms with Gasteiger partial charge in [0.15, 0.2) is 0 Å². The monoisotopic (exact) mass is 344 g/mol. The molecular weight excluding hydrogens is 314 g/mol. The Morgan fingerprint density at radius 3 is 2.48 bits per heavy atom. The standard InChI is InChI=1S/C20H29N3O2/c1-4-11-22(12-5-2)13-10-21-19(24)15-23-16(3)14-17-8-6-7-9-18(17)20(23)25/h6-9,14H,4-5,10-13,15H2,1-3H3,(H,21,24)/p+1. The van der Waals surface area contributed by atoms with Gasteiger partial charge in [-0.3, -0.25) is 9.59 Å². The van der Waals surface area contributed by atoms with E-state index in [9.17, 15) is 9.59 Å². The first-order valence-corrected chi connectivity index (χ1v) is 9.26. The molecule has 0 saturated heterocycles. The normalized spacial score (nSPS) is 11.2. The molecule has 2 rings (SSSR count). The van der Waals surface area contributed by atoms with E-state index in [1.165, 1.54) is 4.90 Å². The minimum Gasteiger partial charge on any atom is -0.349 e. The molecule has 1 amide bonds. The summed E-state index contributed by atoms with van der Waals surface area (Å²) in [5.41, 5.74) is 0.707. The van der Waals surface area contributed by atoms with Crippen molar-refractivity contribution in [2.75, 3.05) is 26.2 Å². The summed E-state index contributed by atoms with van der Waals surface area (Å²) in [6.45, 7) is 10.2. The molecule has 0 bridgehead atoms. The van der Waals surface area contributed by atoms with Crippen molar-refractivity contribution in [3.05, 3.63) is 46.4 Å². The van der Waals surface area contributed by atoms with Crippen LogP contribution in [-0.2, 0) is 11.3 Å². The van der Waals surface area contributed by atoms with Crippen LogP contribution in [0.15, 0.2) is 35.1 Å². The summed E-state index contributed by atoms with van der Waals surface area (Å²) in [5.74, 6) is -0.104. The molecular formula is C20H30N3O2+. The molecule has 136 valence electrons. The van der Waals surface area contributed by atoms with Gasteiger partial charge in [0.05, 0.1) is 26.2 Å². The molecule has 0 spiro atoms. The highest BCUT2D eigenvalue weighted by molar-refractivity contribution is 5.82. The predicted molar refractivity (Wildman–Crippen MR) is 102 cm³/mol. The van der Waals surface area contributed by atoms with E-state index in [1.807, 2.05) is 37.3 Å². The van der Waals surface area contributed by atoms with E-state index >= 15 is 0 Å². The van der Waals surface area contributed by atoms with Gasteiger partial charge in [0.25, 0.3) is 5.56 Å². The van der Waals surface area contributed by atoms with Crippen molar-refractivity contribution < 1.29 is 9.69 Å². The highest BCUT2D eigenvalue weighted by atomic mass is 16.2. The number of aryl methyl sites for hydroxylation is 1. The number of nitrogens with one attached hydrogen (secondary N) is 2.